The number of ether oxygens (including phenoxy) is 1. The number of fused-ring (bicyclic) bond motifs is 1. The van der Waals surface area contributed by atoms with Crippen LogP contribution in [0.25, 0.3) is 10.9 Å². The van der Waals surface area contributed by atoms with Gasteiger partial charge in [-0.05, 0) is 39.0 Å². The van der Waals surface area contributed by atoms with Gasteiger partial charge in [-0.3, -0.25) is 0 Å². The highest BCUT2D eigenvalue weighted by molar-refractivity contribution is 5.86. The second kappa shape index (κ2) is 4.80. The minimum atomic E-state index is 0.441. The average Bonchev–Trinajstić information content (AvgIpc) is 2.64. The van der Waals surface area contributed by atoms with Crippen LogP contribution in [0.5, 0.6) is 0 Å². The minimum absolute atomic E-state index is 0.441. The van der Waals surface area contributed by atoms with Crippen LogP contribution in [0.1, 0.15) is 32.4 Å². The molecule has 3 nitrogen and oxygen atoms in total. The van der Waals surface area contributed by atoms with Gasteiger partial charge < -0.3 is 15.0 Å². The van der Waals surface area contributed by atoms with Gasteiger partial charge in [0.05, 0.1) is 6.61 Å². The molecule has 17 heavy (non-hydrogen) atoms. The third kappa shape index (κ3) is 2.29. The van der Waals surface area contributed by atoms with E-state index < -0.39 is 0 Å². The topological polar surface area (TPSA) is 40.2 Å². The lowest BCUT2D eigenvalue weighted by Gasteiger charge is -2.08. The summed E-state index contributed by atoms with van der Waals surface area (Å²) in [6.07, 6.45) is 2.17. The number of nitrogen functional groups attached to an aromatic ring is 1. The van der Waals surface area contributed by atoms with Gasteiger partial charge in [0.1, 0.15) is 0 Å². The van der Waals surface area contributed by atoms with Gasteiger partial charge in [-0.2, -0.15) is 0 Å². The molecule has 2 aromatic rings. The molecule has 0 spiro atoms. The van der Waals surface area contributed by atoms with Crippen LogP contribution >= 0.6 is 0 Å². The van der Waals surface area contributed by atoms with E-state index in [4.69, 9.17) is 10.5 Å². The molecule has 1 aromatic heterocycles. The van der Waals surface area contributed by atoms with Gasteiger partial charge in [-0.25, -0.2) is 0 Å². The van der Waals surface area contributed by atoms with E-state index in [0.29, 0.717) is 12.6 Å². The first-order chi connectivity index (χ1) is 8.13. The number of anilines is 1. The zero-order valence-electron chi connectivity index (χ0n) is 10.7. The predicted octanol–water partition coefficient (Wildman–Crippen LogP) is 3.34. The van der Waals surface area contributed by atoms with Crippen molar-refractivity contribution in [1.82, 2.24) is 4.57 Å². The Kier molecular flexibility index (Phi) is 3.38. The summed E-state index contributed by atoms with van der Waals surface area (Å²) in [5, 5.41) is 1.20. The normalized spacial score (nSPS) is 11.5. The van der Waals surface area contributed by atoms with Crippen LogP contribution < -0.4 is 5.73 Å². The zero-order chi connectivity index (χ0) is 12.4. The average molecular weight is 232 g/mol. The third-order valence-electron chi connectivity index (χ3n) is 2.96. The number of rotatable bonds is 4. The molecule has 0 atom stereocenters. The Hall–Kier alpha value is -1.48. The molecule has 0 unspecified atom stereocenters. The summed E-state index contributed by atoms with van der Waals surface area (Å²) >= 11 is 0. The molecule has 2 rings (SSSR count). The maximum atomic E-state index is 5.86. The zero-order valence-corrected chi connectivity index (χ0v) is 10.7. The lowest BCUT2D eigenvalue weighted by Crippen LogP contribution is -1.98. The molecule has 92 valence electrons. The highest BCUT2D eigenvalue weighted by atomic mass is 16.5. The Bertz CT molecular complexity index is 514. The van der Waals surface area contributed by atoms with E-state index in [9.17, 15) is 0 Å². The van der Waals surface area contributed by atoms with E-state index in [1.807, 2.05) is 19.1 Å². The summed E-state index contributed by atoms with van der Waals surface area (Å²) in [4.78, 5) is 0. The third-order valence-corrected chi connectivity index (χ3v) is 2.96. The molecule has 1 aromatic carbocycles. The highest BCUT2D eigenvalue weighted by Gasteiger charge is 2.10. The first-order valence-electron chi connectivity index (χ1n) is 6.10. The van der Waals surface area contributed by atoms with Crippen molar-refractivity contribution in [3.8, 4) is 0 Å². The second-order valence-corrected chi connectivity index (χ2v) is 4.57. The fourth-order valence-corrected chi connectivity index (χ4v) is 2.10. The molecule has 0 aliphatic carbocycles. The fourth-order valence-electron chi connectivity index (χ4n) is 2.10. The van der Waals surface area contributed by atoms with E-state index in [-0.39, 0.29) is 0 Å². The molecule has 0 radical (unpaired) electrons. The lowest BCUT2D eigenvalue weighted by atomic mass is 10.1. The number of aromatic nitrogens is 1. The molecule has 0 aliphatic heterocycles. The second-order valence-electron chi connectivity index (χ2n) is 4.57. The summed E-state index contributed by atoms with van der Waals surface area (Å²) in [6, 6.07) is 6.51. The van der Waals surface area contributed by atoms with Gasteiger partial charge in [0.25, 0.3) is 0 Å². The van der Waals surface area contributed by atoms with Crippen LogP contribution in [0.3, 0.4) is 0 Å². The predicted molar refractivity (Wildman–Crippen MR) is 72.1 cm³/mol. The van der Waals surface area contributed by atoms with E-state index >= 15 is 0 Å². The van der Waals surface area contributed by atoms with Crippen molar-refractivity contribution in [2.75, 3.05) is 12.3 Å². The van der Waals surface area contributed by atoms with Crippen molar-refractivity contribution in [3.05, 3.63) is 30.0 Å². The molecule has 1 heterocycles. The summed E-state index contributed by atoms with van der Waals surface area (Å²) in [6.45, 7) is 7.75. The lowest BCUT2D eigenvalue weighted by molar-refractivity contribution is 0.135. The Morgan fingerprint density at radius 2 is 2.12 bits per heavy atom. The summed E-state index contributed by atoms with van der Waals surface area (Å²) in [5.41, 5.74) is 9.10. The first kappa shape index (κ1) is 12.0. The smallest absolute Gasteiger partial charge is 0.0737 e. The van der Waals surface area contributed by atoms with Crippen molar-refractivity contribution in [3.63, 3.8) is 0 Å². The van der Waals surface area contributed by atoms with Crippen LogP contribution in [0, 0.1) is 0 Å². The van der Waals surface area contributed by atoms with Crippen LogP contribution in [-0.4, -0.2) is 11.2 Å². The molecule has 3 heteroatoms. The van der Waals surface area contributed by atoms with Gasteiger partial charge >= 0.3 is 0 Å². The number of hydrogen-bond donors (Lipinski definition) is 1. The van der Waals surface area contributed by atoms with E-state index in [0.717, 1.165) is 12.3 Å². The largest absolute Gasteiger partial charge is 0.399 e. The number of hydrogen-bond acceptors (Lipinski definition) is 2. The van der Waals surface area contributed by atoms with Crippen LogP contribution in [0.4, 0.5) is 5.69 Å². The molecule has 0 bridgehead atoms. The van der Waals surface area contributed by atoms with Crippen molar-refractivity contribution in [2.24, 2.45) is 0 Å². The van der Waals surface area contributed by atoms with E-state index in [1.54, 1.807) is 0 Å². The minimum Gasteiger partial charge on any atom is -0.399 e. The van der Waals surface area contributed by atoms with Gasteiger partial charge in [0, 0.05) is 41.0 Å². The van der Waals surface area contributed by atoms with Gasteiger partial charge in [-0.1, -0.05) is 0 Å². The molecular weight excluding hydrogens is 212 g/mol. The highest BCUT2D eigenvalue weighted by Crippen LogP contribution is 2.27. The van der Waals surface area contributed by atoms with Crippen molar-refractivity contribution < 1.29 is 4.74 Å². The Labute approximate surface area is 102 Å². The number of nitrogens with zero attached hydrogens (tertiary/aromatic N) is 1. The summed E-state index contributed by atoms with van der Waals surface area (Å²) in [5.74, 6) is 0. The van der Waals surface area contributed by atoms with Gasteiger partial charge in [-0.15, -0.1) is 0 Å². The van der Waals surface area contributed by atoms with Crippen LogP contribution in [0.2, 0.25) is 0 Å². The molecular formula is C14H20N2O. The molecule has 0 amide bonds. The van der Waals surface area contributed by atoms with Crippen molar-refractivity contribution in [1.29, 1.82) is 0 Å². The van der Waals surface area contributed by atoms with Crippen LogP contribution in [0.15, 0.2) is 24.4 Å². The summed E-state index contributed by atoms with van der Waals surface area (Å²) < 4.78 is 7.77. The SMILES string of the molecule is CCOCc1cn(C(C)C)c2ccc(N)cc12. The van der Waals surface area contributed by atoms with E-state index in [2.05, 4.69) is 30.7 Å². The van der Waals surface area contributed by atoms with E-state index in [1.165, 1.54) is 16.5 Å². The van der Waals surface area contributed by atoms with Crippen molar-refractivity contribution in [2.45, 2.75) is 33.4 Å². The quantitative estimate of drug-likeness (QED) is 0.821. The maximum Gasteiger partial charge on any atom is 0.0737 e. The molecule has 0 fully saturated rings. The monoisotopic (exact) mass is 232 g/mol. The standard InChI is InChI=1S/C14H20N2O/c1-4-17-9-11-8-16(10(2)3)14-6-5-12(15)7-13(11)14/h5-8,10H,4,9,15H2,1-3H3. The number of benzene rings is 1. The molecule has 0 saturated carbocycles. The van der Waals surface area contributed by atoms with Crippen molar-refractivity contribution >= 4 is 16.6 Å². The Balaban J connectivity index is 2.54. The van der Waals surface area contributed by atoms with Gasteiger partial charge in [0.15, 0.2) is 0 Å². The van der Waals surface area contributed by atoms with Crippen LogP contribution in [-0.2, 0) is 11.3 Å². The maximum absolute atomic E-state index is 5.86. The molecule has 0 aliphatic rings. The summed E-state index contributed by atoms with van der Waals surface area (Å²) in [7, 11) is 0. The van der Waals surface area contributed by atoms with Gasteiger partial charge in [0.2, 0.25) is 0 Å². The Morgan fingerprint density at radius 3 is 2.76 bits per heavy atom. The number of nitrogens with two attached hydrogens (primary N) is 1. The first-order valence-corrected chi connectivity index (χ1v) is 6.10. The fraction of sp³-hybridized carbons (Fsp3) is 0.429. The molecule has 0 saturated heterocycles. The molecule has 2 N–H and O–H groups in total. The Morgan fingerprint density at radius 1 is 1.35 bits per heavy atom.